The number of pyridine rings is 1. The molecule has 4 heteroatoms. The highest BCUT2D eigenvalue weighted by molar-refractivity contribution is 6.30. The number of rotatable bonds is 3. The van der Waals surface area contributed by atoms with E-state index in [0.29, 0.717) is 17.3 Å². The Hall–Kier alpha value is -1.58. The summed E-state index contributed by atoms with van der Waals surface area (Å²) in [7, 11) is 0. The number of aromatic nitrogens is 1. The van der Waals surface area contributed by atoms with Crippen molar-refractivity contribution in [1.82, 2.24) is 4.98 Å². The van der Waals surface area contributed by atoms with Crippen LogP contribution < -0.4 is 10.5 Å². The molecule has 88 valence electrons. The molecule has 0 amide bonds. The van der Waals surface area contributed by atoms with Crippen LogP contribution in [0.3, 0.4) is 0 Å². The number of nitrogens with two attached hydrogens (primary N) is 1. The second-order valence-corrected chi connectivity index (χ2v) is 4.14. The summed E-state index contributed by atoms with van der Waals surface area (Å²) < 4.78 is 5.81. The molecule has 0 bridgehead atoms. The third kappa shape index (κ3) is 2.75. The molecule has 1 aromatic heterocycles. The third-order valence-electron chi connectivity index (χ3n) is 2.44. The Morgan fingerprint density at radius 3 is 2.82 bits per heavy atom. The highest BCUT2D eigenvalue weighted by Crippen LogP contribution is 2.29. The van der Waals surface area contributed by atoms with Gasteiger partial charge in [-0.05, 0) is 25.1 Å². The molecular formula is C13H13ClN2O. The molecule has 0 unspecified atom stereocenters. The van der Waals surface area contributed by atoms with Crippen LogP contribution in [0.2, 0.25) is 5.02 Å². The third-order valence-corrected chi connectivity index (χ3v) is 2.67. The lowest BCUT2D eigenvalue weighted by Crippen LogP contribution is -1.99. The van der Waals surface area contributed by atoms with Crippen molar-refractivity contribution in [3.8, 4) is 11.5 Å². The lowest BCUT2D eigenvalue weighted by Gasteiger charge is -2.11. The van der Waals surface area contributed by atoms with Crippen molar-refractivity contribution in [2.75, 3.05) is 0 Å². The summed E-state index contributed by atoms with van der Waals surface area (Å²) in [5, 5.41) is 0.629. The number of nitrogens with zero attached hydrogens (tertiary/aromatic N) is 1. The zero-order valence-electron chi connectivity index (χ0n) is 9.48. The molecule has 0 aliphatic rings. The van der Waals surface area contributed by atoms with Gasteiger partial charge in [-0.3, -0.25) is 4.98 Å². The predicted molar refractivity (Wildman–Crippen MR) is 68.4 cm³/mol. The maximum atomic E-state index is 5.95. The van der Waals surface area contributed by atoms with E-state index in [1.54, 1.807) is 24.5 Å². The highest BCUT2D eigenvalue weighted by Gasteiger charge is 2.06. The van der Waals surface area contributed by atoms with Crippen LogP contribution in [0, 0.1) is 6.92 Å². The maximum absolute atomic E-state index is 5.95. The van der Waals surface area contributed by atoms with Gasteiger partial charge in [-0.1, -0.05) is 17.7 Å². The van der Waals surface area contributed by atoms with Crippen molar-refractivity contribution in [2.24, 2.45) is 5.73 Å². The number of ether oxygens (including phenoxy) is 1. The minimum atomic E-state index is 0.413. The summed E-state index contributed by atoms with van der Waals surface area (Å²) in [5.41, 5.74) is 7.55. The van der Waals surface area contributed by atoms with E-state index < -0.39 is 0 Å². The minimum absolute atomic E-state index is 0.413. The molecule has 1 heterocycles. The maximum Gasteiger partial charge on any atom is 0.133 e. The fourth-order valence-corrected chi connectivity index (χ4v) is 1.65. The van der Waals surface area contributed by atoms with E-state index in [-0.39, 0.29) is 0 Å². The Balaban J connectivity index is 2.35. The molecule has 1 aromatic carbocycles. The molecule has 17 heavy (non-hydrogen) atoms. The zero-order chi connectivity index (χ0) is 12.3. The molecule has 2 aromatic rings. The predicted octanol–water partition coefficient (Wildman–Crippen LogP) is 3.29. The van der Waals surface area contributed by atoms with Crippen LogP contribution in [0.4, 0.5) is 0 Å². The van der Waals surface area contributed by atoms with Crippen molar-refractivity contribution in [3.05, 3.63) is 52.8 Å². The summed E-state index contributed by atoms with van der Waals surface area (Å²) in [6.07, 6.45) is 3.44. The first kappa shape index (κ1) is 11.9. The molecule has 0 saturated carbocycles. The number of hydrogen-bond donors (Lipinski definition) is 1. The van der Waals surface area contributed by atoms with Crippen molar-refractivity contribution in [1.29, 1.82) is 0 Å². The molecule has 0 fully saturated rings. The summed E-state index contributed by atoms with van der Waals surface area (Å²) in [6, 6.07) is 7.25. The van der Waals surface area contributed by atoms with Crippen LogP contribution in [0.15, 0.2) is 36.7 Å². The summed E-state index contributed by atoms with van der Waals surface area (Å²) in [6.45, 7) is 2.35. The van der Waals surface area contributed by atoms with Crippen LogP contribution in [0.25, 0.3) is 0 Å². The average molecular weight is 249 g/mol. The Bertz CT molecular complexity index is 529. The lowest BCUT2D eigenvalue weighted by atomic mass is 10.2. The van der Waals surface area contributed by atoms with Gasteiger partial charge in [0.25, 0.3) is 0 Å². The minimum Gasteiger partial charge on any atom is -0.457 e. The van der Waals surface area contributed by atoms with Gasteiger partial charge >= 0.3 is 0 Å². The molecule has 0 spiro atoms. The summed E-state index contributed by atoms with van der Waals surface area (Å²) in [5.74, 6) is 1.45. The first-order valence-corrected chi connectivity index (χ1v) is 5.65. The van der Waals surface area contributed by atoms with E-state index in [4.69, 9.17) is 22.1 Å². The number of benzene rings is 1. The molecule has 2 N–H and O–H groups in total. The Labute approximate surface area is 105 Å². The van der Waals surface area contributed by atoms with E-state index in [1.807, 2.05) is 19.1 Å². The smallest absolute Gasteiger partial charge is 0.133 e. The van der Waals surface area contributed by atoms with Gasteiger partial charge in [0.1, 0.15) is 11.5 Å². The van der Waals surface area contributed by atoms with Crippen molar-refractivity contribution < 1.29 is 4.74 Å². The molecule has 0 aliphatic carbocycles. The van der Waals surface area contributed by atoms with Gasteiger partial charge < -0.3 is 10.5 Å². The Morgan fingerprint density at radius 1 is 1.29 bits per heavy atom. The monoisotopic (exact) mass is 248 g/mol. The number of hydrogen-bond acceptors (Lipinski definition) is 3. The van der Waals surface area contributed by atoms with Crippen molar-refractivity contribution >= 4 is 11.6 Å². The van der Waals surface area contributed by atoms with Crippen LogP contribution in [-0.2, 0) is 6.54 Å². The van der Waals surface area contributed by atoms with Crippen LogP contribution >= 0.6 is 11.6 Å². The number of aryl methyl sites for hydroxylation is 1. The van der Waals surface area contributed by atoms with E-state index in [1.165, 1.54) is 0 Å². The van der Waals surface area contributed by atoms with Crippen LogP contribution in [-0.4, -0.2) is 4.98 Å². The van der Waals surface area contributed by atoms with E-state index in [9.17, 15) is 0 Å². The normalized spacial score (nSPS) is 10.3. The second kappa shape index (κ2) is 5.17. The largest absolute Gasteiger partial charge is 0.457 e. The zero-order valence-corrected chi connectivity index (χ0v) is 10.2. The second-order valence-electron chi connectivity index (χ2n) is 3.70. The highest BCUT2D eigenvalue weighted by atomic mass is 35.5. The molecule has 2 rings (SSSR count). The number of halogens is 1. The first-order chi connectivity index (χ1) is 8.20. The summed E-state index contributed by atoms with van der Waals surface area (Å²) >= 11 is 5.95. The quantitative estimate of drug-likeness (QED) is 0.907. The van der Waals surface area contributed by atoms with Gasteiger partial charge in [-0.25, -0.2) is 0 Å². The average Bonchev–Trinajstić information content (AvgIpc) is 2.32. The van der Waals surface area contributed by atoms with E-state index >= 15 is 0 Å². The van der Waals surface area contributed by atoms with Gasteiger partial charge in [0.2, 0.25) is 0 Å². The summed E-state index contributed by atoms with van der Waals surface area (Å²) in [4.78, 5) is 4.02. The van der Waals surface area contributed by atoms with Crippen molar-refractivity contribution in [3.63, 3.8) is 0 Å². The van der Waals surface area contributed by atoms with Crippen molar-refractivity contribution in [2.45, 2.75) is 13.5 Å². The molecule has 3 nitrogen and oxygen atoms in total. The van der Waals surface area contributed by atoms with Gasteiger partial charge in [0, 0.05) is 35.1 Å². The van der Waals surface area contributed by atoms with E-state index in [2.05, 4.69) is 4.98 Å². The van der Waals surface area contributed by atoms with Gasteiger partial charge in [-0.15, -0.1) is 0 Å². The molecule has 0 atom stereocenters. The van der Waals surface area contributed by atoms with Gasteiger partial charge in [0.15, 0.2) is 0 Å². The topological polar surface area (TPSA) is 48.1 Å². The first-order valence-electron chi connectivity index (χ1n) is 5.27. The molecule has 0 aliphatic heterocycles. The molecular weight excluding hydrogens is 236 g/mol. The Morgan fingerprint density at radius 2 is 2.12 bits per heavy atom. The van der Waals surface area contributed by atoms with Gasteiger partial charge in [-0.2, -0.15) is 0 Å². The molecule has 0 saturated heterocycles. The standard InChI is InChI=1S/C13H13ClN2O/c1-9-8-16-5-4-12(9)17-13-6-11(14)3-2-10(13)7-15/h2-6,8H,7,15H2,1H3. The fourth-order valence-electron chi connectivity index (χ4n) is 1.49. The molecule has 0 radical (unpaired) electrons. The fraction of sp³-hybridized carbons (Fsp3) is 0.154. The van der Waals surface area contributed by atoms with E-state index in [0.717, 1.165) is 16.9 Å². The lowest BCUT2D eigenvalue weighted by molar-refractivity contribution is 0.472. The van der Waals surface area contributed by atoms with Crippen LogP contribution in [0.1, 0.15) is 11.1 Å². The Kier molecular flexibility index (Phi) is 3.61. The van der Waals surface area contributed by atoms with Crippen LogP contribution in [0.5, 0.6) is 11.5 Å². The SMILES string of the molecule is Cc1cnccc1Oc1cc(Cl)ccc1CN. The van der Waals surface area contributed by atoms with Gasteiger partial charge in [0.05, 0.1) is 0 Å².